The molecule has 2 heteroatoms. The van der Waals surface area contributed by atoms with Crippen LogP contribution in [0.5, 0.6) is 0 Å². The normalized spacial score (nSPS) is 31.2. The van der Waals surface area contributed by atoms with Gasteiger partial charge in [0.1, 0.15) is 0 Å². The summed E-state index contributed by atoms with van der Waals surface area (Å²) in [5.41, 5.74) is 0.108. The predicted molar refractivity (Wildman–Crippen MR) is 56.0 cm³/mol. The first-order chi connectivity index (χ1) is 6.07. The van der Waals surface area contributed by atoms with Gasteiger partial charge in [-0.3, -0.25) is 4.90 Å². The van der Waals surface area contributed by atoms with E-state index < -0.39 is 0 Å². The second kappa shape index (κ2) is 4.43. The van der Waals surface area contributed by atoms with Crippen LogP contribution in [-0.2, 0) is 4.74 Å². The Kier molecular flexibility index (Phi) is 3.74. The molecule has 0 N–H and O–H groups in total. The van der Waals surface area contributed by atoms with Gasteiger partial charge in [0.15, 0.2) is 0 Å². The Balaban J connectivity index is 2.49. The van der Waals surface area contributed by atoms with Crippen LogP contribution in [0.15, 0.2) is 0 Å². The minimum Gasteiger partial charge on any atom is -0.374 e. The molecule has 1 rings (SSSR count). The van der Waals surface area contributed by atoms with Gasteiger partial charge in [-0.15, -0.1) is 0 Å². The van der Waals surface area contributed by atoms with Crippen molar-refractivity contribution in [2.75, 3.05) is 19.7 Å². The van der Waals surface area contributed by atoms with Gasteiger partial charge in [0, 0.05) is 19.2 Å². The summed E-state index contributed by atoms with van der Waals surface area (Å²) in [6.45, 7) is 12.0. The second-order valence-electron chi connectivity index (χ2n) is 4.55. The quantitative estimate of drug-likeness (QED) is 0.669. The molecule has 0 bridgehead atoms. The van der Waals surface area contributed by atoms with E-state index in [0.717, 1.165) is 13.2 Å². The van der Waals surface area contributed by atoms with Gasteiger partial charge in [-0.2, -0.15) is 0 Å². The predicted octanol–water partition coefficient (Wildman–Crippen LogP) is 2.29. The maximum Gasteiger partial charge on any atom is 0.0781 e. The van der Waals surface area contributed by atoms with Gasteiger partial charge in [0.2, 0.25) is 0 Å². The fourth-order valence-electron chi connectivity index (χ4n) is 2.15. The van der Waals surface area contributed by atoms with E-state index in [-0.39, 0.29) is 5.60 Å². The van der Waals surface area contributed by atoms with E-state index in [1.54, 1.807) is 0 Å². The average molecular weight is 185 g/mol. The van der Waals surface area contributed by atoms with E-state index >= 15 is 0 Å². The van der Waals surface area contributed by atoms with Gasteiger partial charge in [0.25, 0.3) is 0 Å². The van der Waals surface area contributed by atoms with E-state index in [1.807, 2.05) is 0 Å². The SMILES string of the molecule is CCOC1(C)CCCN(C(C)C)C1. The van der Waals surface area contributed by atoms with Crippen LogP contribution < -0.4 is 0 Å². The van der Waals surface area contributed by atoms with Crippen LogP contribution in [0.4, 0.5) is 0 Å². The molecule has 2 nitrogen and oxygen atoms in total. The van der Waals surface area contributed by atoms with Crippen molar-refractivity contribution in [3.8, 4) is 0 Å². The molecule has 1 unspecified atom stereocenters. The molecule has 0 spiro atoms. The Bertz CT molecular complexity index is 154. The van der Waals surface area contributed by atoms with Gasteiger partial charge in [-0.05, 0) is 47.1 Å². The molecule has 1 aliphatic rings. The average Bonchev–Trinajstić information content (AvgIpc) is 2.04. The molecule has 1 aliphatic heterocycles. The van der Waals surface area contributed by atoms with Crippen molar-refractivity contribution in [1.29, 1.82) is 0 Å². The Morgan fingerprint density at radius 3 is 2.69 bits per heavy atom. The van der Waals surface area contributed by atoms with Gasteiger partial charge < -0.3 is 4.74 Å². The first-order valence-corrected chi connectivity index (χ1v) is 5.45. The van der Waals surface area contributed by atoms with Crippen molar-refractivity contribution in [3.05, 3.63) is 0 Å². The Hall–Kier alpha value is -0.0800. The first kappa shape index (κ1) is 11.0. The standard InChI is InChI=1S/C11H23NO/c1-5-13-11(4)7-6-8-12(9-11)10(2)3/h10H,5-9H2,1-4H3. The molecule has 1 atom stereocenters. The van der Waals surface area contributed by atoms with Crippen LogP contribution >= 0.6 is 0 Å². The lowest BCUT2D eigenvalue weighted by Crippen LogP contribution is -2.50. The summed E-state index contributed by atoms with van der Waals surface area (Å²) in [5.74, 6) is 0. The molecule has 78 valence electrons. The number of ether oxygens (including phenoxy) is 1. The number of hydrogen-bond acceptors (Lipinski definition) is 2. The molecular formula is C11H23NO. The van der Waals surface area contributed by atoms with Crippen LogP contribution in [0.25, 0.3) is 0 Å². The highest BCUT2D eigenvalue weighted by Gasteiger charge is 2.32. The van der Waals surface area contributed by atoms with Crippen molar-refractivity contribution >= 4 is 0 Å². The zero-order valence-corrected chi connectivity index (χ0v) is 9.47. The molecule has 0 aliphatic carbocycles. The summed E-state index contributed by atoms with van der Waals surface area (Å²) in [4.78, 5) is 2.51. The third-order valence-corrected chi connectivity index (χ3v) is 2.91. The van der Waals surface area contributed by atoms with Crippen molar-refractivity contribution in [3.63, 3.8) is 0 Å². The largest absolute Gasteiger partial charge is 0.374 e. The third kappa shape index (κ3) is 2.96. The van der Waals surface area contributed by atoms with Gasteiger partial charge in [-0.1, -0.05) is 0 Å². The number of likely N-dealkylation sites (tertiary alicyclic amines) is 1. The maximum atomic E-state index is 5.81. The fraction of sp³-hybridized carbons (Fsp3) is 1.00. The van der Waals surface area contributed by atoms with E-state index in [0.29, 0.717) is 6.04 Å². The summed E-state index contributed by atoms with van der Waals surface area (Å²) in [5, 5.41) is 0. The molecule has 0 aromatic carbocycles. The van der Waals surface area contributed by atoms with Gasteiger partial charge in [0.05, 0.1) is 5.60 Å². The minimum absolute atomic E-state index is 0.108. The zero-order valence-electron chi connectivity index (χ0n) is 9.47. The van der Waals surface area contributed by atoms with Crippen molar-refractivity contribution in [1.82, 2.24) is 4.90 Å². The molecule has 0 aromatic heterocycles. The van der Waals surface area contributed by atoms with Crippen LogP contribution in [0.2, 0.25) is 0 Å². The number of nitrogens with zero attached hydrogens (tertiary/aromatic N) is 1. The summed E-state index contributed by atoms with van der Waals surface area (Å²) in [6, 6.07) is 0.653. The van der Waals surface area contributed by atoms with Crippen molar-refractivity contribution in [2.45, 2.75) is 52.2 Å². The van der Waals surface area contributed by atoms with E-state index in [1.165, 1.54) is 19.4 Å². The fourth-order valence-corrected chi connectivity index (χ4v) is 2.15. The monoisotopic (exact) mass is 185 g/mol. The molecular weight excluding hydrogens is 162 g/mol. The summed E-state index contributed by atoms with van der Waals surface area (Å²) in [7, 11) is 0. The van der Waals surface area contributed by atoms with Crippen molar-refractivity contribution in [2.24, 2.45) is 0 Å². The summed E-state index contributed by atoms with van der Waals surface area (Å²) >= 11 is 0. The maximum absolute atomic E-state index is 5.81. The Labute approximate surface area is 82.3 Å². The van der Waals surface area contributed by atoms with Crippen LogP contribution in [0, 0.1) is 0 Å². The topological polar surface area (TPSA) is 12.5 Å². The highest BCUT2D eigenvalue weighted by Crippen LogP contribution is 2.25. The molecule has 13 heavy (non-hydrogen) atoms. The molecule has 0 amide bonds. The highest BCUT2D eigenvalue weighted by molar-refractivity contribution is 4.86. The number of hydrogen-bond donors (Lipinski definition) is 0. The molecule has 0 saturated carbocycles. The minimum atomic E-state index is 0.108. The molecule has 0 radical (unpaired) electrons. The van der Waals surface area contributed by atoms with Crippen LogP contribution in [-0.4, -0.2) is 36.2 Å². The van der Waals surface area contributed by atoms with Gasteiger partial charge >= 0.3 is 0 Å². The van der Waals surface area contributed by atoms with E-state index in [2.05, 4.69) is 32.6 Å². The second-order valence-corrected chi connectivity index (χ2v) is 4.55. The van der Waals surface area contributed by atoms with Crippen LogP contribution in [0.1, 0.15) is 40.5 Å². The smallest absolute Gasteiger partial charge is 0.0781 e. The highest BCUT2D eigenvalue weighted by atomic mass is 16.5. The lowest BCUT2D eigenvalue weighted by atomic mass is 9.94. The van der Waals surface area contributed by atoms with E-state index in [9.17, 15) is 0 Å². The lowest BCUT2D eigenvalue weighted by molar-refractivity contribution is -0.0785. The number of piperidine rings is 1. The molecule has 1 heterocycles. The third-order valence-electron chi connectivity index (χ3n) is 2.91. The molecule has 1 fully saturated rings. The first-order valence-electron chi connectivity index (χ1n) is 5.45. The summed E-state index contributed by atoms with van der Waals surface area (Å²) < 4.78 is 5.81. The van der Waals surface area contributed by atoms with Gasteiger partial charge in [-0.25, -0.2) is 0 Å². The van der Waals surface area contributed by atoms with E-state index in [4.69, 9.17) is 4.74 Å². The molecule has 1 saturated heterocycles. The number of rotatable bonds is 3. The summed E-state index contributed by atoms with van der Waals surface area (Å²) in [6.07, 6.45) is 2.48. The lowest BCUT2D eigenvalue weighted by Gasteiger charge is -2.42. The van der Waals surface area contributed by atoms with Crippen LogP contribution in [0.3, 0.4) is 0 Å². The van der Waals surface area contributed by atoms with Crippen molar-refractivity contribution < 1.29 is 4.74 Å². The Morgan fingerprint density at radius 2 is 2.15 bits per heavy atom. The Morgan fingerprint density at radius 1 is 1.46 bits per heavy atom. The zero-order chi connectivity index (χ0) is 9.90. The molecule has 0 aromatic rings.